The molecular weight excluding hydrogens is 1540 g/mol. The minimum Gasteiger partial charge on any atom is -0.410 e. The molecule has 101 heavy (non-hydrogen) atoms. The number of aromatic nitrogens is 8. The molecule has 18 nitrogen and oxygen atoms in total. The van der Waals surface area contributed by atoms with Crippen LogP contribution < -0.4 is 9.80 Å². The maximum Gasteiger partial charge on any atom is 0.192 e. The van der Waals surface area contributed by atoms with Crippen molar-refractivity contribution in [2.75, 3.05) is 69.4 Å². The van der Waals surface area contributed by atoms with Gasteiger partial charge in [0.05, 0.1) is 61.4 Å². The van der Waals surface area contributed by atoms with Crippen LogP contribution in [0.25, 0.3) is 32.2 Å². The second-order valence-electron chi connectivity index (χ2n) is 37.9. The highest BCUT2D eigenvalue weighted by Gasteiger charge is 2.43. The average Bonchev–Trinajstić information content (AvgIpc) is 1.71. The molecule has 0 saturated heterocycles. The van der Waals surface area contributed by atoms with E-state index in [2.05, 4.69) is 174 Å². The highest BCUT2D eigenvalue weighted by atomic mass is 127. The molecule has 2 unspecified atom stereocenters. The zero-order valence-electron chi connectivity index (χ0n) is 66.1. The van der Waals surface area contributed by atoms with Crippen LogP contribution in [0.15, 0.2) is 29.7 Å². The molecule has 0 N–H and O–H groups in total. The molecule has 4 fully saturated rings. The first-order valence-electron chi connectivity index (χ1n) is 37.5. The van der Waals surface area contributed by atoms with Crippen LogP contribution in [0.5, 0.6) is 0 Å². The zero-order chi connectivity index (χ0) is 74.1. The van der Waals surface area contributed by atoms with Gasteiger partial charge in [0, 0.05) is 89.2 Å². The zero-order valence-corrected chi connectivity index (χ0v) is 76.7. The van der Waals surface area contributed by atoms with Gasteiger partial charge in [0.2, 0.25) is 0 Å². The lowest BCUT2D eigenvalue weighted by Crippen LogP contribution is -2.40. The fourth-order valence-corrected chi connectivity index (χ4v) is 22.7. The summed E-state index contributed by atoms with van der Waals surface area (Å²) in [4.78, 5) is 26.9. The molecule has 0 spiro atoms. The van der Waals surface area contributed by atoms with Crippen molar-refractivity contribution in [3.8, 4) is 20.9 Å². The number of sulfone groups is 1. The Labute approximate surface area is 635 Å². The van der Waals surface area contributed by atoms with Gasteiger partial charge >= 0.3 is 0 Å². The quantitative estimate of drug-likeness (QED) is 0.0164. The minimum absolute atomic E-state index is 0.0555. The van der Waals surface area contributed by atoms with Gasteiger partial charge in [0.1, 0.15) is 41.8 Å². The van der Waals surface area contributed by atoms with Crippen LogP contribution in [0.3, 0.4) is 0 Å². The van der Waals surface area contributed by atoms with Gasteiger partial charge in [-0.1, -0.05) is 146 Å². The summed E-state index contributed by atoms with van der Waals surface area (Å²) >= 11 is 5.85. The van der Waals surface area contributed by atoms with Crippen LogP contribution in [-0.4, -0.2) is 156 Å². The van der Waals surface area contributed by atoms with E-state index in [0.29, 0.717) is 74.8 Å². The second-order valence-corrected chi connectivity index (χ2v) is 75.2. The van der Waals surface area contributed by atoms with Crippen LogP contribution in [-0.2, 0) is 50.9 Å². The topological polar surface area (TPSA) is 182 Å². The monoisotopic (exact) mass is 1660 g/mol. The molecule has 4 aliphatic rings. The van der Waals surface area contributed by atoms with Crippen molar-refractivity contribution in [3.63, 3.8) is 0 Å². The number of anilines is 2. The lowest BCUT2D eigenvalue weighted by Gasteiger charge is -2.35. The first-order chi connectivity index (χ1) is 46.8. The van der Waals surface area contributed by atoms with Crippen molar-refractivity contribution in [3.05, 3.63) is 49.8 Å². The van der Waals surface area contributed by atoms with Crippen LogP contribution in [0.2, 0.25) is 139 Å². The molecule has 6 heterocycles. The first-order valence-corrected chi connectivity index (χ1v) is 62.8. The van der Waals surface area contributed by atoms with Crippen molar-refractivity contribution in [1.29, 1.82) is 0 Å². The van der Waals surface area contributed by atoms with Crippen LogP contribution in [0.4, 0.5) is 11.6 Å². The lowest BCUT2D eigenvalue weighted by molar-refractivity contribution is 0.0936. The number of halogens is 1. The van der Waals surface area contributed by atoms with Gasteiger partial charge in [-0.05, 0) is 145 Å². The van der Waals surface area contributed by atoms with Gasteiger partial charge in [-0.3, -0.25) is 0 Å². The minimum atomic E-state index is -3.74. The molecule has 6 atom stereocenters. The predicted octanol–water partition coefficient (Wildman–Crippen LogP) is 20.2. The van der Waals surface area contributed by atoms with Gasteiger partial charge in [-0.2, -0.15) is 19.2 Å². The third-order valence-electron chi connectivity index (χ3n) is 22.1. The number of rotatable bonds is 33. The van der Waals surface area contributed by atoms with Crippen molar-refractivity contribution in [1.82, 2.24) is 39.2 Å². The Morgan fingerprint density at radius 3 is 1.16 bits per heavy atom. The average molecular weight is 1660 g/mol. The van der Waals surface area contributed by atoms with E-state index in [1.807, 2.05) is 34.2 Å². The Morgan fingerprint density at radius 2 is 0.822 bits per heavy atom. The van der Waals surface area contributed by atoms with E-state index in [4.69, 9.17) is 57.9 Å². The number of ether oxygens (including phenoxy) is 4. The van der Waals surface area contributed by atoms with E-state index >= 15 is 0 Å². The van der Waals surface area contributed by atoms with Gasteiger partial charge < -0.3 is 37.6 Å². The van der Waals surface area contributed by atoms with E-state index in [9.17, 15) is 8.42 Å². The lowest BCUT2D eigenvalue weighted by atomic mass is 9.79. The summed E-state index contributed by atoms with van der Waals surface area (Å²) in [6.45, 7) is 56.2. The smallest absolute Gasteiger partial charge is 0.192 e. The molecule has 6 aromatic heterocycles. The highest BCUT2D eigenvalue weighted by molar-refractivity contribution is 14.1. The summed E-state index contributed by atoms with van der Waals surface area (Å²) in [5.74, 6) is 4.90. The number of nitrogens with zero attached hydrogens (tertiary/aromatic N) is 10. The fourth-order valence-electron chi connectivity index (χ4n) is 13.7. The summed E-state index contributed by atoms with van der Waals surface area (Å²) in [6.07, 6.45) is 21.2. The van der Waals surface area contributed by atoms with Gasteiger partial charge in [0.25, 0.3) is 0 Å². The SMILES string of the molecule is CC(C)(C)[Si](C)(C)OCc1ncc(-c2cnn3c(N(COCC[Si](C)(C)C)COCC[Si](C)(C)C)c(I)c(C4C[C@H]5CC[C@@H](C4)C5)nc23)s1.CC(C)(C)[Si](C)(C)OCc1ncc(-c2cnn3c(N(COCC[Si](C)(C)C)COCC[Si](C)(C)C)c(S(C)(=O)=O)c(C4C[C@H]5CC[C@@H](C4)C5)nc23)s1. The number of fused-ring (bicyclic) bond motifs is 6. The van der Waals surface area contributed by atoms with Crippen molar-refractivity contribution in [2.24, 2.45) is 23.7 Å². The molecule has 566 valence electrons. The molecule has 0 radical (unpaired) electrons. The van der Waals surface area contributed by atoms with E-state index in [0.717, 1.165) is 104 Å². The molecule has 0 aliphatic heterocycles. The molecule has 0 amide bonds. The molecule has 28 heteroatoms. The highest BCUT2D eigenvalue weighted by Crippen LogP contribution is 2.52. The number of hydrogen-bond donors (Lipinski definition) is 0. The van der Waals surface area contributed by atoms with Crippen LogP contribution in [0.1, 0.15) is 139 Å². The predicted molar refractivity (Wildman–Crippen MR) is 444 cm³/mol. The number of hydrogen-bond acceptors (Lipinski definition) is 18. The molecule has 4 aliphatic carbocycles. The first kappa shape index (κ1) is 82.9. The van der Waals surface area contributed by atoms with E-state index in [1.165, 1.54) is 66.9 Å². The van der Waals surface area contributed by atoms with Crippen molar-refractivity contribution in [2.45, 2.75) is 275 Å². The molecule has 10 rings (SSSR count). The fraction of sp³-hybridized carbons (Fsp3) is 0.753. The summed E-state index contributed by atoms with van der Waals surface area (Å²) in [7, 11) is -12.7. The summed E-state index contributed by atoms with van der Waals surface area (Å²) in [5.41, 5.74) is 5.32. The normalized spacial score (nSPS) is 20.4. The summed E-state index contributed by atoms with van der Waals surface area (Å²) in [6, 6.07) is 4.29. The van der Waals surface area contributed by atoms with E-state index < -0.39 is 58.8 Å². The van der Waals surface area contributed by atoms with Gasteiger partial charge in [-0.25, -0.2) is 28.4 Å². The maximum atomic E-state index is 14.1. The molecule has 6 aromatic rings. The molecule has 4 saturated carbocycles. The van der Waals surface area contributed by atoms with Gasteiger partial charge in [0.15, 0.2) is 49.4 Å². The number of thiazole rings is 2. The molecule has 0 aromatic carbocycles. The Morgan fingerprint density at radius 1 is 0.495 bits per heavy atom. The Bertz CT molecular complexity index is 3780. The third-order valence-corrected chi connectivity index (χ3v) is 42.0. The Balaban J connectivity index is 0.000000236. The van der Waals surface area contributed by atoms with Crippen molar-refractivity contribution < 1.29 is 36.2 Å². The maximum absolute atomic E-state index is 14.1. The van der Waals surface area contributed by atoms with Crippen molar-refractivity contribution >= 4 is 127 Å². The molecular formula is C73H127IN10O8S3Si6. The Hall–Kier alpha value is -2.16. The summed E-state index contributed by atoms with van der Waals surface area (Å²) < 4.78 is 71.7. The van der Waals surface area contributed by atoms with E-state index in [1.54, 1.807) is 27.2 Å². The standard InChI is InChI=1S/C37H65N5O5S2Si3.C36H62IN5O3SSi3/c1-37(2,3)52(11,12)47-24-32-38-23-31(48-32)30-22-39-42-35(30)40-33(29-20-27-13-14-28(19-27)21-29)34(49(4,43)44)36(42)41(25-45-15-17-50(5,6)7)26-46-16-18-51(8,9)10;1-36(2,3)49(10,11)45-23-31-38-22-30(46-31)29-21-39-42-34(29)40-33(28-19-26-12-13-27(18-26)20-28)32(37)35(42)41(24-43-14-16-47(4,5)6)25-44-15-17-48(7,8)9/h22-23,27-29H,13-21,24-26H2,1-12H3;21-22,26-28H,12-20,23-25H2,1-11H3/t27-,28+,29?;26-,27+,28?. The molecule has 4 bridgehead atoms. The van der Waals surface area contributed by atoms with Gasteiger partial charge in [-0.15, -0.1) is 22.7 Å². The van der Waals surface area contributed by atoms with Crippen LogP contribution in [0, 0.1) is 27.2 Å². The second kappa shape index (κ2) is 33.4. The summed E-state index contributed by atoms with van der Waals surface area (Å²) in [5, 5.41) is 12.1. The largest absolute Gasteiger partial charge is 0.410 e. The third kappa shape index (κ3) is 22.5. The van der Waals surface area contributed by atoms with Crippen LogP contribution >= 0.6 is 45.3 Å². The van der Waals surface area contributed by atoms with E-state index in [-0.39, 0.29) is 34.4 Å². The Kier molecular flexibility index (Phi) is 27.4.